The Morgan fingerprint density at radius 2 is 1.88 bits per heavy atom. The fourth-order valence-corrected chi connectivity index (χ4v) is 3.34. The molecule has 3 aromatic rings. The molecule has 0 N–H and O–H groups in total. The highest BCUT2D eigenvalue weighted by Crippen LogP contribution is 2.26. The number of thiophene rings is 1. The van der Waals surface area contributed by atoms with Crippen LogP contribution in [0.15, 0.2) is 66.1 Å². The maximum Gasteiger partial charge on any atom is 0.331 e. The van der Waals surface area contributed by atoms with Gasteiger partial charge in [-0.05, 0) is 35.9 Å². The van der Waals surface area contributed by atoms with Crippen LogP contribution in [0, 0.1) is 0 Å². The fourth-order valence-electron chi connectivity index (χ4n) is 2.72. The second-order valence-corrected chi connectivity index (χ2v) is 6.57. The van der Waals surface area contributed by atoms with Crippen molar-refractivity contribution in [1.82, 2.24) is 0 Å². The molecule has 1 heterocycles. The Labute approximate surface area is 156 Å². The quantitative estimate of drug-likeness (QED) is 0.477. The number of nitrogens with zero attached hydrogens (tertiary/aromatic N) is 1. The van der Waals surface area contributed by atoms with E-state index in [2.05, 4.69) is 0 Å². The first-order valence-electron chi connectivity index (χ1n) is 8.35. The highest BCUT2D eigenvalue weighted by molar-refractivity contribution is 7.10. The minimum Gasteiger partial charge on any atom is -0.452 e. The van der Waals surface area contributed by atoms with Crippen molar-refractivity contribution in [3.8, 4) is 0 Å². The standard InChI is InChI=1S/C21H19NO3S/c1-2-22(19-11-5-8-16-7-3-4-10-18(16)19)20(23)15-25-21(24)13-12-17-9-6-14-26-17/h3-14H,2,15H2,1H3/b13-12+. The van der Waals surface area contributed by atoms with Crippen LogP contribution < -0.4 is 4.90 Å². The Morgan fingerprint density at radius 3 is 2.65 bits per heavy atom. The summed E-state index contributed by atoms with van der Waals surface area (Å²) >= 11 is 1.53. The number of fused-ring (bicyclic) bond motifs is 1. The predicted molar refractivity (Wildman–Crippen MR) is 106 cm³/mol. The van der Waals surface area contributed by atoms with Gasteiger partial charge in [0.1, 0.15) is 0 Å². The van der Waals surface area contributed by atoms with Gasteiger partial charge in [-0.25, -0.2) is 4.79 Å². The summed E-state index contributed by atoms with van der Waals surface area (Å²) < 4.78 is 5.11. The second-order valence-electron chi connectivity index (χ2n) is 5.59. The van der Waals surface area contributed by atoms with Crippen LogP contribution in [-0.2, 0) is 14.3 Å². The molecule has 1 aromatic heterocycles. The molecule has 0 saturated heterocycles. The van der Waals surface area contributed by atoms with Crippen LogP contribution in [0.5, 0.6) is 0 Å². The first-order valence-corrected chi connectivity index (χ1v) is 9.23. The molecular weight excluding hydrogens is 346 g/mol. The van der Waals surface area contributed by atoms with Gasteiger partial charge in [-0.3, -0.25) is 4.79 Å². The first-order chi connectivity index (χ1) is 12.7. The average molecular weight is 365 g/mol. The summed E-state index contributed by atoms with van der Waals surface area (Å²) in [5, 5.41) is 3.99. The van der Waals surface area contributed by atoms with E-state index in [0.717, 1.165) is 21.3 Å². The molecule has 0 bridgehead atoms. The molecule has 0 fully saturated rings. The van der Waals surface area contributed by atoms with E-state index in [0.29, 0.717) is 6.54 Å². The summed E-state index contributed by atoms with van der Waals surface area (Å²) in [5.41, 5.74) is 0.820. The van der Waals surface area contributed by atoms with Crippen molar-refractivity contribution >= 4 is 45.7 Å². The molecule has 2 aromatic carbocycles. The number of ether oxygens (including phenoxy) is 1. The Balaban J connectivity index is 1.68. The lowest BCUT2D eigenvalue weighted by Gasteiger charge is -2.22. The van der Waals surface area contributed by atoms with Gasteiger partial charge in [0.2, 0.25) is 0 Å². The van der Waals surface area contributed by atoms with Gasteiger partial charge in [0.15, 0.2) is 6.61 Å². The van der Waals surface area contributed by atoms with Crippen LogP contribution >= 0.6 is 11.3 Å². The summed E-state index contributed by atoms with van der Waals surface area (Å²) in [4.78, 5) is 27.0. The molecule has 1 amide bonds. The van der Waals surface area contributed by atoms with Crippen LogP contribution in [0.1, 0.15) is 11.8 Å². The zero-order valence-corrected chi connectivity index (χ0v) is 15.2. The van der Waals surface area contributed by atoms with Crippen molar-refractivity contribution in [2.75, 3.05) is 18.1 Å². The van der Waals surface area contributed by atoms with E-state index in [1.165, 1.54) is 17.4 Å². The number of hydrogen-bond donors (Lipinski definition) is 0. The van der Waals surface area contributed by atoms with Crippen molar-refractivity contribution in [2.45, 2.75) is 6.92 Å². The maximum atomic E-state index is 12.6. The molecule has 0 aliphatic carbocycles. The summed E-state index contributed by atoms with van der Waals surface area (Å²) in [7, 11) is 0. The van der Waals surface area contributed by atoms with E-state index in [1.54, 1.807) is 11.0 Å². The lowest BCUT2D eigenvalue weighted by molar-refractivity contribution is -0.142. The molecule has 26 heavy (non-hydrogen) atoms. The predicted octanol–water partition coefficient (Wildman–Crippen LogP) is 4.51. The smallest absolute Gasteiger partial charge is 0.331 e. The average Bonchev–Trinajstić information content (AvgIpc) is 3.19. The molecule has 3 rings (SSSR count). The zero-order chi connectivity index (χ0) is 18.4. The van der Waals surface area contributed by atoms with E-state index in [-0.39, 0.29) is 12.5 Å². The SMILES string of the molecule is CCN(C(=O)COC(=O)/C=C/c1cccs1)c1cccc2ccccc12. The van der Waals surface area contributed by atoms with Crippen molar-refractivity contribution in [2.24, 2.45) is 0 Å². The van der Waals surface area contributed by atoms with Gasteiger partial charge in [-0.1, -0.05) is 42.5 Å². The van der Waals surface area contributed by atoms with E-state index in [9.17, 15) is 9.59 Å². The van der Waals surface area contributed by atoms with Gasteiger partial charge in [0.25, 0.3) is 5.91 Å². The minimum atomic E-state index is -0.527. The van der Waals surface area contributed by atoms with Crippen LogP contribution in [0.4, 0.5) is 5.69 Å². The summed E-state index contributed by atoms with van der Waals surface area (Å²) in [6, 6.07) is 17.5. The van der Waals surface area contributed by atoms with E-state index in [4.69, 9.17) is 4.74 Å². The maximum absolute atomic E-state index is 12.6. The van der Waals surface area contributed by atoms with Crippen molar-refractivity contribution in [3.63, 3.8) is 0 Å². The Kier molecular flexibility index (Phi) is 5.81. The third-order valence-corrected chi connectivity index (χ3v) is 4.78. The van der Waals surface area contributed by atoms with Gasteiger partial charge in [-0.15, -0.1) is 11.3 Å². The Bertz CT molecular complexity index is 926. The van der Waals surface area contributed by atoms with Crippen LogP contribution in [0.3, 0.4) is 0 Å². The monoisotopic (exact) mass is 365 g/mol. The second kappa shape index (κ2) is 8.45. The normalized spacial score (nSPS) is 11.0. The molecule has 0 radical (unpaired) electrons. The lowest BCUT2D eigenvalue weighted by atomic mass is 10.1. The van der Waals surface area contributed by atoms with Crippen molar-refractivity contribution in [3.05, 3.63) is 70.9 Å². The largest absolute Gasteiger partial charge is 0.452 e. The number of hydrogen-bond acceptors (Lipinski definition) is 4. The van der Waals surface area contributed by atoms with E-state index >= 15 is 0 Å². The number of likely N-dealkylation sites (N-methyl/N-ethyl adjacent to an activating group) is 1. The number of carbonyl (C=O) groups excluding carboxylic acids is 2. The summed E-state index contributed by atoms with van der Waals surface area (Å²) in [6.45, 7) is 2.11. The molecule has 4 nitrogen and oxygen atoms in total. The van der Waals surface area contributed by atoms with E-state index in [1.807, 2.05) is 66.9 Å². The number of rotatable bonds is 6. The number of amides is 1. The number of anilines is 1. The van der Waals surface area contributed by atoms with Crippen molar-refractivity contribution in [1.29, 1.82) is 0 Å². The Morgan fingerprint density at radius 1 is 1.08 bits per heavy atom. The fraction of sp³-hybridized carbons (Fsp3) is 0.143. The molecule has 0 unspecified atom stereocenters. The topological polar surface area (TPSA) is 46.6 Å². The van der Waals surface area contributed by atoms with Crippen LogP contribution in [0.25, 0.3) is 16.8 Å². The number of esters is 1. The van der Waals surface area contributed by atoms with Gasteiger partial charge in [0.05, 0.1) is 5.69 Å². The van der Waals surface area contributed by atoms with Gasteiger partial charge >= 0.3 is 5.97 Å². The lowest BCUT2D eigenvalue weighted by Crippen LogP contribution is -2.34. The molecule has 0 saturated carbocycles. The summed E-state index contributed by atoms with van der Waals surface area (Å²) in [6.07, 6.45) is 3.02. The highest BCUT2D eigenvalue weighted by Gasteiger charge is 2.17. The third-order valence-electron chi connectivity index (χ3n) is 3.94. The number of carbonyl (C=O) groups is 2. The van der Waals surface area contributed by atoms with Crippen LogP contribution in [0.2, 0.25) is 0 Å². The van der Waals surface area contributed by atoms with E-state index < -0.39 is 5.97 Å². The molecule has 0 spiro atoms. The van der Waals surface area contributed by atoms with Gasteiger partial charge in [-0.2, -0.15) is 0 Å². The first kappa shape index (κ1) is 17.9. The van der Waals surface area contributed by atoms with Crippen LogP contribution in [-0.4, -0.2) is 25.0 Å². The van der Waals surface area contributed by atoms with Gasteiger partial charge < -0.3 is 9.64 Å². The molecule has 0 atom stereocenters. The molecule has 0 aliphatic heterocycles. The van der Waals surface area contributed by atoms with Gasteiger partial charge in [0, 0.05) is 22.9 Å². The molecule has 132 valence electrons. The highest BCUT2D eigenvalue weighted by atomic mass is 32.1. The van der Waals surface area contributed by atoms with Crippen molar-refractivity contribution < 1.29 is 14.3 Å². The third kappa shape index (κ3) is 4.18. The Hall–Kier alpha value is -2.92. The zero-order valence-electron chi connectivity index (χ0n) is 14.4. The summed E-state index contributed by atoms with van der Waals surface area (Å²) in [5.74, 6) is -0.776. The number of benzene rings is 2. The minimum absolute atomic E-state index is 0.248. The molecular formula is C21H19NO3S. The molecule has 5 heteroatoms. The molecule has 0 aliphatic rings.